The Bertz CT molecular complexity index is 2550. The number of benzene rings is 7. The molecule has 3 unspecified atom stereocenters. The van der Waals surface area contributed by atoms with Crippen molar-refractivity contribution in [3.8, 4) is 0 Å². The molecule has 0 aliphatic carbocycles. The van der Waals surface area contributed by atoms with Gasteiger partial charge < -0.3 is 4.55 Å². The minimum absolute atomic E-state index is 0. The van der Waals surface area contributed by atoms with Crippen LogP contribution >= 0.6 is 0 Å². The standard InChI is InChI=1S/C48H36O6S.Na/c49-46(36-25-13-4-14-26-36)41(33-19-7-1-8-20-33)39-31-32-40(55(52,53)54)45(43(35-23-11-3-12-24-35)48(51)38-29-17-6-18-30-38)44(39)42(34-21-9-2-10-22-34)47(50)37-27-15-5-16-28-37;/h1-32,41-43H,(H,52,53,54);/q;+1/p-1. The Balaban J connectivity index is 0.00000532. The molecule has 7 aromatic rings. The topological polar surface area (TPSA) is 108 Å². The van der Waals surface area contributed by atoms with Crippen molar-refractivity contribution in [2.45, 2.75) is 22.6 Å². The van der Waals surface area contributed by atoms with Crippen molar-refractivity contribution >= 4 is 27.5 Å². The molecule has 0 N–H and O–H groups in total. The van der Waals surface area contributed by atoms with Gasteiger partial charge in [0.2, 0.25) is 0 Å². The first kappa shape index (κ1) is 40.1. The third-order valence-electron chi connectivity index (χ3n) is 9.80. The second-order valence-electron chi connectivity index (χ2n) is 13.2. The number of ketones is 3. The summed E-state index contributed by atoms with van der Waals surface area (Å²) in [6.45, 7) is 0. The molecule has 0 saturated carbocycles. The third kappa shape index (κ3) is 8.48. The van der Waals surface area contributed by atoms with Crippen LogP contribution < -0.4 is 29.6 Å². The average molecular weight is 763 g/mol. The first-order valence-electron chi connectivity index (χ1n) is 17.8. The van der Waals surface area contributed by atoms with Gasteiger partial charge in [0, 0.05) is 16.7 Å². The van der Waals surface area contributed by atoms with Gasteiger partial charge in [0.05, 0.1) is 22.6 Å². The molecular formula is C48H35NaO6S. The van der Waals surface area contributed by atoms with Gasteiger partial charge in [0.1, 0.15) is 10.1 Å². The van der Waals surface area contributed by atoms with Crippen molar-refractivity contribution in [2.75, 3.05) is 0 Å². The number of rotatable bonds is 13. The molecule has 0 aliphatic heterocycles. The van der Waals surface area contributed by atoms with E-state index in [9.17, 15) is 17.8 Å². The van der Waals surface area contributed by atoms with E-state index >= 15 is 9.59 Å². The molecule has 8 heteroatoms. The second kappa shape index (κ2) is 17.9. The van der Waals surface area contributed by atoms with Crippen LogP contribution in [0.3, 0.4) is 0 Å². The molecular weight excluding hydrogens is 728 g/mol. The molecule has 0 saturated heterocycles. The minimum Gasteiger partial charge on any atom is -0.744 e. The molecule has 0 aliphatic rings. The van der Waals surface area contributed by atoms with Crippen LogP contribution in [0.4, 0.5) is 0 Å². The Morgan fingerprint density at radius 2 is 0.661 bits per heavy atom. The molecule has 0 aromatic heterocycles. The fourth-order valence-corrected chi connectivity index (χ4v) is 8.07. The molecule has 7 rings (SSSR count). The number of carbonyl (C=O) groups excluding carboxylic acids is 3. The van der Waals surface area contributed by atoms with Crippen LogP contribution in [0.15, 0.2) is 199 Å². The Morgan fingerprint density at radius 1 is 0.375 bits per heavy atom. The van der Waals surface area contributed by atoms with Crippen LogP contribution in [0.25, 0.3) is 0 Å². The van der Waals surface area contributed by atoms with E-state index in [0.29, 0.717) is 33.4 Å². The smallest absolute Gasteiger partial charge is 0.744 e. The van der Waals surface area contributed by atoms with Crippen molar-refractivity contribution in [1.82, 2.24) is 0 Å². The van der Waals surface area contributed by atoms with Crippen LogP contribution in [0, 0.1) is 0 Å². The Hall–Kier alpha value is -5.54. The van der Waals surface area contributed by atoms with Crippen molar-refractivity contribution < 1.29 is 56.9 Å². The summed E-state index contributed by atoms with van der Waals surface area (Å²) < 4.78 is 40.8. The molecule has 0 bridgehead atoms. The predicted molar refractivity (Wildman–Crippen MR) is 212 cm³/mol. The second-order valence-corrected chi connectivity index (χ2v) is 14.5. The molecule has 0 amide bonds. The van der Waals surface area contributed by atoms with E-state index in [1.165, 1.54) is 12.1 Å². The molecule has 7 aromatic carbocycles. The zero-order chi connectivity index (χ0) is 38.4. The van der Waals surface area contributed by atoms with Gasteiger partial charge in [-0.15, -0.1) is 0 Å². The summed E-state index contributed by atoms with van der Waals surface area (Å²) in [5.74, 6) is -4.94. The fraction of sp³-hybridized carbons (Fsp3) is 0.0625. The third-order valence-corrected chi connectivity index (χ3v) is 10.7. The number of carbonyl (C=O) groups is 3. The van der Waals surface area contributed by atoms with Crippen LogP contribution in [-0.4, -0.2) is 30.3 Å². The predicted octanol–water partition coefficient (Wildman–Crippen LogP) is 6.64. The summed E-state index contributed by atoms with van der Waals surface area (Å²) in [5.41, 5.74) is 2.69. The molecule has 6 nitrogen and oxygen atoms in total. The first-order valence-corrected chi connectivity index (χ1v) is 19.2. The Morgan fingerprint density at radius 3 is 1.00 bits per heavy atom. The Kier molecular flexibility index (Phi) is 12.9. The molecule has 0 heterocycles. The van der Waals surface area contributed by atoms with E-state index in [4.69, 9.17) is 0 Å². The summed E-state index contributed by atoms with van der Waals surface area (Å²) in [6.07, 6.45) is 0. The van der Waals surface area contributed by atoms with E-state index in [1.807, 2.05) is 6.07 Å². The number of hydrogen-bond acceptors (Lipinski definition) is 6. The summed E-state index contributed by atoms with van der Waals surface area (Å²) in [5, 5.41) is 0. The quantitative estimate of drug-likeness (QED) is 0.0741. The van der Waals surface area contributed by atoms with Crippen molar-refractivity contribution in [2.24, 2.45) is 0 Å². The van der Waals surface area contributed by atoms with E-state index in [1.54, 1.807) is 176 Å². The summed E-state index contributed by atoms with van der Waals surface area (Å²) >= 11 is 0. The first-order chi connectivity index (χ1) is 26.7. The zero-order valence-electron chi connectivity index (χ0n) is 30.6. The van der Waals surface area contributed by atoms with E-state index < -0.39 is 44.3 Å². The summed E-state index contributed by atoms with van der Waals surface area (Å²) in [6, 6.07) is 54.8. The van der Waals surface area contributed by atoms with Crippen LogP contribution in [-0.2, 0) is 10.1 Å². The van der Waals surface area contributed by atoms with Crippen LogP contribution in [0.2, 0.25) is 0 Å². The van der Waals surface area contributed by atoms with Gasteiger partial charge in [-0.3, -0.25) is 14.4 Å². The molecule has 0 fully saturated rings. The Labute approximate surface area is 348 Å². The van der Waals surface area contributed by atoms with Crippen molar-refractivity contribution in [3.63, 3.8) is 0 Å². The van der Waals surface area contributed by atoms with Crippen molar-refractivity contribution in [1.29, 1.82) is 0 Å². The normalized spacial score (nSPS) is 12.7. The van der Waals surface area contributed by atoms with E-state index in [0.717, 1.165) is 0 Å². The van der Waals surface area contributed by atoms with E-state index in [-0.39, 0.29) is 52.0 Å². The van der Waals surface area contributed by atoms with Gasteiger partial charge >= 0.3 is 29.6 Å². The molecule has 56 heavy (non-hydrogen) atoms. The van der Waals surface area contributed by atoms with Crippen LogP contribution in [0.5, 0.6) is 0 Å². The van der Waals surface area contributed by atoms with Crippen molar-refractivity contribution in [3.05, 3.63) is 244 Å². The maximum absolute atomic E-state index is 15.2. The van der Waals surface area contributed by atoms with Gasteiger partial charge in [-0.05, 0) is 39.4 Å². The van der Waals surface area contributed by atoms with Gasteiger partial charge in [-0.2, -0.15) is 0 Å². The number of Topliss-reactive ketones (excluding diaryl/α,β-unsaturated/α-hetero) is 3. The zero-order valence-corrected chi connectivity index (χ0v) is 33.4. The van der Waals surface area contributed by atoms with Crippen LogP contribution in [0.1, 0.15) is 82.2 Å². The maximum atomic E-state index is 15.2. The summed E-state index contributed by atoms with van der Waals surface area (Å²) in [7, 11) is -5.31. The molecule has 0 spiro atoms. The van der Waals surface area contributed by atoms with Gasteiger partial charge in [-0.1, -0.05) is 188 Å². The SMILES string of the molecule is O=C(c1ccccc1)C(c1ccccc1)c1ccc(S(=O)(=O)[O-])c(C(C(=O)c2ccccc2)c2ccccc2)c1C(C(=O)c1ccccc1)c1ccccc1.[Na+]. The monoisotopic (exact) mass is 762 g/mol. The van der Waals surface area contributed by atoms with Gasteiger partial charge in [0.15, 0.2) is 17.3 Å². The number of hydrogen-bond donors (Lipinski definition) is 0. The largest absolute Gasteiger partial charge is 1.00 e. The van der Waals surface area contributed by atoms with Gasteiger partial charge in [-0.25, -0.2) is 8.42 Å². The average Bonchev–Trinajstić information content (AvgIpc) is 3.23. The summed E-state index contributed by atoms with van der Waals surface area (Å²) in [4.78, 5) is 44.6. The molecule has 0 radical (unpaired) electrons. The molecule has 3 atom stereocenters. The van der Waals surface area contributed by atoms with Gasteiger partial charge in [0.25, 0.3) is 0 Å². The maximum Gasteiger partial charge on any atom is 1.00 e. The van der Waals surface area contributed by atoms with E-state index in [2.05, 4.69) is 0 Å². The minimum atomic E-state index is -5.31. The fourth-order valence-electron chi connectivity index (χ4n) is 7.34. The molecule has 270 valence electrons.